The van der Waals surface area contributed by atoms with Gasteiger partial charge in [0.15, 0.2) is 5.12 Å². The monoisotopic (exact) mass is 328 g/mol. The Bertz CT molecular complexity index is 665. The van der Waals surface area contributed by atoms with Gasteiger partial charge in [0.1, 0.15) is 0 Å². The topological polar surface area (TPSA) is 54.4 Å². The van der Waals surface area contributed by atoms with Crippen molar-refractivity contribution < 1.29 is 14.7 Å². The van der Waals surface area contributed by atoms with Crippen LogP contribution in [-0.2, 0) is 9.59 Å². The third-order valence-electron chi connectivity index (χ3n) is 3.93. The molecule has 2 aromatic carbocycles. The van der Waals surface area contributed by atoms with E-state index in [0.29, 0.717) is 5.75 Å². The van der Waals surface area contributed by atoms with Crippen LogP contribution in [0.4, 0.5) is 0 Å². The summed E-state index contributed by atoms with van der Waals surface area (Å²) in [6.45, 7) is 3.36. The summed E-state index contributed by atoms with van der Waals surface area (Å²) in [5.74, 6) is -1.29. The Labute approximate surface area is 140 Å². The third-order valence-corrected chi connectivity index (χ3v) is 4.86. The number of rotatable bonds is 6. The van der Waals surface area contributed by atoms with Crippen molar-refractivity contribution in [2.45, 2.75) is 19.8 Å². The lowest BCUT2D eigenvalue weighted by Crippen LogP contribution is -2.23. The van der Waals surface area contributed by atoms with Crippen LogP contribution in [0, 0.1) is 5.92 Å². The molecule has 0 saturated heterocycles. The largest absolute Gasteiger partial charge is 0.481 e. The van der Waals surface area contributed by atoms with E-state index in [0.717, 1.165) is 28.5 Å². The predicted molar refractivity (Wildman–Crippen MR) is 94.6 cm³/mol. The number of hydrogen-bond donors (Lipinski definition) is 1. The number of carboxylic acid groups (broad SMARTS) is 1. The van der Waals surface area contributed by atoms with E-state index in [4.69, 9.17) is 0 Å². The maximum atomic E-state index is 11.5. The Balaban J connectivity index is 2.16. The Kier molecular flexibility index (Phi) is 5.99. The van der Waals surface area contributed by atoms with Crippen LogP contribution in [0.1, 0.15) is 25.3 Å². The van der Waals surface area contributed by atoms with Gasteiger partial charge in [-0.05, 0) is 22.6 Å². The Hall–Kier alpha value is -2.07. The average Bonchev–Trinajstić information content (AvgIpc) is 2.55. The van der Waals surface area contributed by atoms with Crippen LogP contribution < -0.4 is 0 Å². The van der Waals surface area contributed by atoms with Gasteiger partial charge in [-0.25, -0.2) is 0 Å². The molecule has 120 valence electrons. The molecule has 0 fully saturated rings. The molecule has 23 heavy (non-hydrogen) atoms. The lowest BCUT2D eigenvalue weighted by Gasteiger charge is -2.20. The molecular weight excluding hydrogens is 308 g/mol. The van der Waals surface area contributed by atoms with Crippen molar-refractivity contribution in [3.05, 3.63) is 60.2 Å². The number of benzene rings is 2. The zero-order valence-corrected chi connectivity index (χ0v) is 14.0. The normalized spacial score (nSPS) is 13.3. The maximum Gasteiger partial charge on any atom is 0.307 e. The second kappa shape index (κ2) is 7.97. The summed E-state index contributed by atoms with van der Waals surface area (Å²) in [7, 11) is 0. The summed E-state index contributed by atoms with van der Waals surface area (Å²) in [5, 5.41) is 9.37. The summed E-state index contributed by atoms with van der Waals surface area (Å²) in [5.41, 5.74) is 3.21. The van der Waals surface area contributed by atoms with Crippen molar-refractivity contribution in [2.75, 3.05) is 5.75 Å². The van der Waals surface area contributed by atoms with Gasteiger partial charge in [-0.2, -0.15) is 0 Å². The Morgan fingerprint density at radius 2 is 1.57 bits per heavy atom. The molecule has 0 amide bonds. The van der Waals surface area contributed by atoms with Gasteiger partial charge in [0.2, 0.25) is 0 Å². The minimum atomic E-state index is -0.863. The summed E-state index contributed by atoms with van der Waals surface area (Å²) in [6.07, 6.45) is 0. The fraction of sp³-hybridized carbons (Fsp3) is 0.263. The van der Waals surface area contributed by atoms with Gasteiger partial charge in [0.05, 0.1) is 5.92 Å². The van der Waals surface area contributed by atoms with Crippen LogP contribution >= 0.6 is 11.8 Å². The Morgan fingerprint density at radius 1 is 1.00 bits per heavy atom. The standard InChI is InChI=1S/C19H20O3S/c1-13(18(19(21)22)12-23-14(2)20)15-8-10-17(11-9-15)16-6-4-3-5-7-16/h3-11,13,18H,12H2,1-2H3,(H,21,22)/t13-,18+/m1/s1. The molecule has 0 radical (unpaired) electrons. The summed E-state index contributed by atoms with van der Waals surface area (Å²) in [4.78, 5) is 22.6. The Morgan fingerprint density at radius 3 is 2.09 bits per heavy atom. The van der Waals surface area contributed by atoms with Crippen molar-refractivity contribution in [3.8, 4) is 11.1 Å². The number of thioether (sulfide) groups is 1. The second-order valence-corrected chi connectivity index (χ2v) is 6.72. The fourth-order valence-corrected chi connectivity index (χ4v) is 3.32. The minimum Gasteiger partial charge on any atom is -0.481 e. The van der Waals surface area contributed by atoms with Crippen LogP contribution in [0.15, 0.2) is 54.6 Å². The highest BCUT2D eigenvalue weighted by atomic mass is 32.2. The molecule has 0 bridgehead atoms. The SMILES string of the molecule is CC(=O)SC[C@H](C(=O)O)[C@H](C)c1ccc(-c2ccccc2)cc1. The van der Waals surface area contributed by atoms with Gasteiger partial charge in [0.25, 0.3) is 0 Å². The number of carboxylic acids is 1. The van der Waals surface area contributed by atoms with Crippen LogP contribution in [0.25, 0.3) is 11.1 Å². The van der Waals surface area contributed by atoms with E-state index >= 15 is 0 Å². The first-order chi connectivity index (χ1) is 11.0. The van der Waals surface area contributed by atoms with Gasteiger partial charge in [-0.1, -0.05) is 73.3 Å². The van der Waals surface area contributed by atoms with E-state index in [2.05, 4.69) is 0 Å². The summed E-state index contributed by atoms with van der Waals surface area (Å²) < 4.78 is 0. The van der Waals surface area contributed by atoms with Crippen LogP contribution in [-0.4, -0.2) is 21.9 Å². The van der Waals surface area contributed by atoms with Crippen molar-refractivity contribution in [1.82, 2.24) is 0 Å². The molecule has 2 aromatic rings. The quantitative estimate of drug-likeness (QED) is 0.852. The van der Waals surface area contributed by atoms with Gasteiger partial charge in [-0.15, -0.1) is 0 Å². The molecular formula is C19H20O3S. The van der Waals surface area contributed by atoms with Crippen molar-refractivity contribution in [3.63, 3.8) is 0 Å². The van der Waals surface area contributed by atoms with E-state index in [1.54, 1.807) is 0 Å². The number of hydrogen-bond acceptors (Lipinski definition) is 3. The highest BCUT2D eigenvalue weighted by Crippen LogP contribution is 2.29. The van der Waals surface area contributed by atoms with Crippen molar-refractivity contribution >= 4 is 22.8 Å². The molecule has 0 aliphatic rings. The first-order valence-electron chi connectivity index (χ1n) is 7.50. The third kappa shape index (κ3) is 4.70. The molecule has 0 unspecified atom stereocenters. The zero-order valence-electron chi connectivity index (χ0n) is 13.2. The molecule has 0 aliphatic heterocycles. The molecule has 2 rings (SSSR count). The summed E-state index contributed by atoms with van der Waals surface area (Å²) in [6, 6.07) is 18.0. The van der Waals surface area contributed by atoms with E-state index in [1.165, 1.54) is 6.92 Å². The molecule has 0 spiro atoms. The van der Waals surface area contributed by atoms with Gasteiger partial charge >= 0.3 is 5.97 Å². The smallest absolute Gasteiger partial charge is 0.307 e. The van der Waals surface area contributed by atoms with Gasteiger partial charge < -0.3 is 5.11 Å². The van der Waals surface area contributed by atoms with Crippen molar-refractivity contribution in [1.29, 1.82) is 0 Å². The molecule has 0 heterocycles. The predicted octanol–water partition coefficient (Wildman–Crippen LogP) is 4.44. The maximum absolute atomic E-state index is 11.5. The van der Waals surface area contributed by atoms with Crippen LogP contribution in [0.5, 0.6) is 0 Å². The highest BCUT2D eigenvalue weighted by molar-refractivity contribution is 8.13. The molecule has 2 atom stereocenters. The van der Waals surface area contributed by atoms with E-state index in [-0.39, 0.29) is 11.0 Å². The lowest BCUT2D eigenvalue weighted by atomic mass is 9.88. The average molecular weight is 328 g/mol. The van der Waals surface area contributed by atoms with E-state index in [9.17, 15) is 14.7 Å². The second-order valence-electron chi connectivity index (χ2n) is 5.52. The number of carbonyl (C=O) groups is 2. The van der Waals surface area contributed by atoms with Crippen LogP contribution in [0.2, 0.25) is 0 Å². The highest BCUT2D eigenvalue weighted by Gasteiger charge is 2.26. The number of carbonyl (C=O) groups excluding carboxylic acids is 1. The molecule has 1 N–H and O–H groups in total. The van der Waals surface area contributed by atoms with Gasteiger partial charge in [0, 0.05) is 12.7 Å². The van der Waals surface area contributed by atoms with Gasteiger partial charge in [-0.3, -0.25) is 9.59 Å². The minimum absolute atomic E-state index is 0.0529. The molecule has 0 aromatic heterocycles. The zero-order chi connectivity index (χ0) is 16.8. The van der Waals surface area contributed by atoms with Crippen molar-refractivity contribution in [2.24, 2.45) is 5.92 Å². The van der Waals surface area contributed by atoms with Crippen LogP contribution in [0.3, 0.4) is 0 Å². The first kappa shape index (κ1) is 17.3. The van der Waals surface area contributed by atoms with E-state index < -0.39 is 11.9 Å². The van der Waals surface area contributed by atoms with E-state index in [1.807, 2.05) is 61.5 Å². The number of aliphatic carboxylic acids is 1. The fourth-order valence-electron chi connectivity index (χ4n) is 2.48. The molecule has 0 aliphatic carbocycles. The molecule has 4 heteroatoms. The lowest BCUT2D eigenvalue weighted by molar-refractivity contribution is -0.141. The molecule has 3 nitrogen and oxygen atoms in total. The molecule has 0 saturated carbocycles. The first-order valence-corrected chi connectivity index (χ1v) is 8.49. The summed E-state index contributed by atoms with van der Waals surface area (Å²) >= 11 is 1.07.